The van der Waals surface area contributed by atoms with Gasteiger partial charge in [0.25, 0.3) is 0 Å². The van der Waals surface area contributed by atoms with Gasteiger partial charge in [0.1, 0.15) is 0 Å². The molecule has 0 spiro atoms. The van der Waals surface area contributed by atoms with Crippen LogP contribution in [0.4, 0.5) is 0 Å². The molecule has 106 valence electrons. The first-order valence-corrected chi connectivity index (χ1v) is 10.8. The zero-order chi connectivity index (χ0) is 14.5. The van der Waals surface area contributed by atoms with Gasteiger partial charge in [-0.2, -0.15) is 0 Å². The van der Waals surface area contributed by atoms with E-state index >= 15 is 0 Å². The summed E-state index contributed by atoms with van der Waals surface area (Å²) < 4.78 is 2.22. The van der Waals surface area contributed by atoms with E-state index in [1.807, 2.05) is 6.33 Å². The molecular weight excluding hydrogens is 260 g/mol. The fourth-order valence-electron chi connectivity index (χ4n) is 3.55. The van der Waals surface area contributed by atoms with Gasteiger partial charge in [0.15, 0.2) is 0 Å². The molecule has 1 aromatic heterocycles. The highest BCUT2D eigenvalue weighted by molar-refractivity contribution is 6.91. The normalized spacial score (nSPS) is 16.7. The number of nitrogens with zero attached hydrogens (tertiary/aromatic N) is 2. The summed E-state index contributed by atoms with van der Waals surface area (Å²) in [6, 6.07) is 6.03. The van der Waals surface area contributed by atoms with Crippen molar-refractivity contribution < 1.29 is 0 Å². The maximum absolute atomic E-state index is 4.40. The second-order valence-corrected chi connectivity index (χ2v) is 11.8. The number of benzene rings is 1. The molecule has 0 bridgehead atoms. The first-order valence-electron chi connectivity index (χ1n) is 7.57. The number of hydrogen-bond acceptors (Lipinski definition) is 1. The summed E-state index contributed by atoms with van der Waals surface area (Å²) in [5, 5.41) is 1.67. The van der Waals surface area contributed by atoms with Crippen LogP contribution in [0.25, 0.3) is 5.69 Å². The smallest absolute Gasteiger partial charge is 0.0994 e. The average molecular weight is 284 g/mol. The number of aryl methyl sites for hydroxylation is 1. The number of imidazole rings is 1. The van der Waals surface area contributed by atoms with Crippen molar-refractivity contribution in [1.82, 2.24) is 9.55 Å². The Morgan fingerprint density at radius 3 is 2.60 bits per heavy atom. The van der Waals surface area contributed by atoms with Crippen molar-refractivity contribution in [2.75, 3.05) is 0 Å². The fourth-order valence-corrected chi connectivity index (χ4v) is 6.66. The van der Waals surface area contributed by atoms with Crippen LogP contribution in [0, 0.1) is 6.92 Å². The fraction of sp³-hybridized carbons (Fsp3) is 0.471. The molecule has 0 radical (unpaired) electrons. The summed E-state index contributed by atoms with van der Waals surface area (Å²) in [6.45, 7) is 11.7. The molecule has 0 aliphatic carbocycles. The summed E-state index contributed by atoms with van der Waals surface area (Å²) in [7, 11) is -1.30. The predicted molar refractivity (Wildman–Crippen MR) is 88.0 cm³/mol. The monoisotopic (exact) mass is 284 g/mol. The molecule has 0 atom stereocenters. The largest absolute Gasteiger partial charge is 0.306 e. The highest BCUT2D eigenvalue weighted by Gasteiger charge is 2.36. The Labute approximate surface area is 122 Å². The Balaban J connectivity index is 2.25. The number of rotatable bonds is 2. The molecular formula is C17H24N2Si. The maximum atomic E-state index is 4.40. The van der Waals surface area contributed by atoms with Crippen molar-refractivity contribution in [2.45, 2.75) is 52.2 Å². The quantitative estimate of drug-likeness (QED) is 0.768. The second-order valence-electron chi connectivity index (χ2n) is 6.99. The third-order valence-corrected chi connectivity index (χ3v) is 8.03. The van der Waals surface area contributed by atoms with E-state index in [2.05, 4.69) is 61.7 Å². The first kappa shape index (κ1) is 13.6. The van der Waals surface area contributed by atoms with E-state index in [1.54, 1.807) is 16.3 Å². The van der Waals surface area contributed by atoms with Crippen molar-refractivity contribution in [2.24, 2.45) is 0 Å². The molecule has 3 heteroatoms. The van der Waals surface area contributed by atoms with Crippen LogP contribution >= 0.6 is 0 Å². The molecule has 20 heavy (non-hydrogen) atoms. The minimum absolute atomic E-state index is 0.616. The summed E-state index contributed by atoms with van der Waals surface area (Å²) in [6.07, 6.45) is 5.37. The molecule has 0 N–H and O–H groups in total. The van der Waals surface area contributed by atoms with Crippen LogP contribution in [0.3, 0.4) is 0 Å². The molecule has 2 heterocycles. The van der Waals surface area contributed by atoms with Gasteiger partial charge in [-0.3, -0.25) is 0 Å². The summed E-state index contributed by atoms with van der Waals surface area (Å²) in [5.41, 5.74) is 5.66. The minimum Gasteiger partial charge on any atom is -0.306 e. The van der Waals surface area contributed by atoms with Gasteiger partial charge in [0.05, 0.1) is 20.1 Å². The lowest BCUT2D eigenvalue weighted by Gasteiger charge is -2.23. The minimum atomic E-state index is -1.30. The zero-order valence-corrected chi connectivity index (χ0v) is 14.2. The van der Waals surface area contributed by atoms with E-state index in [1.165, 1.54) is 18.2 Å². The number of aromatic nitrogens is 2. The molecule has 0 saturated heterocycles. The molecule has 0 saturated carbocycles. The van der Waals surface area contributed by atoms with Gasteiger partial charge in [-0.25, -0.2) is 4.98 Å². The molecule has 2 aromatic rings. The van der Waals surface area contributed by atoms with Crippen LogP contribution in [0.2, 0.25) is 19.1 Å². The first-order chi connectivity index (χ1) is 9.40. The molecule has 1 aliphatic rings. The van der Waals surface area contributed by atoms with E-state index in [-0.39, 0.29) is 0 Å². The number of fused-ring (bicyclic) bond motifs is 1. The van der Waals surface area contributed by atoms with Gasteiger partial charge in [0, 0.05) is 11.9 Å². The van der Waals surface area contributed by atoms with E-state index in [0.717, 1.165) is 5.69 Å². The van der Waals surface area contributed by atoms with Crippen LogP contribution in [-0.4, -0.2) is 17.6 Å². The Morgan fingerprint density at radius 2 is 2.00 bits per heavy atom. The lowest BCUT2D eigenvalue weighted by molar-refractivity contribution is 0.848. The lowest BCUT2D eigenvalue weighted by atomic mass is 9.95. The summed E-state index contributed by atoms with van der Waals surface area (Å²) in [4.78, 5) is 4.40. The Hall–Kier alpha value is -1.35. The number of hydrogen-bond donors (Lipinski definition) is 0. The van der Waals surface area contributed by atoms with Crippen molar-refractivity contribution >= 4 is 13.3 Å². The van der Waals surface area contributed by atoms with Crippen molar-refractivity contribution in [1.29, 1.82) is 0 Å². The van der Waals surface area contributed by atoms with Crippen LogP contribution in [0.1, 0.15) is 36.6 Å². The van der Waals surface area contributed by atoms with Crippen LogP contribution in [0.15, 0.2) is 24.7 Å². The predicted octanol–water partition coefficient (Wildman–Crippen LogP) is 3.78. The summed E-state index contributed by atoms with van der Waals surface area (Å²) in [5.74, 6) is 0.616. The Bertz CT molecular complexity index is 653. The third kappa shape index (κ3) is 2.04. The molecule has 1 aromatic carbocycles. The van der Waals surface area contributed by atoms with Gasteiger partial charge >= 0.3 is 0 Å². The molecule has 0 fully saturated rings. The van der Waals surface area contributed by atoms with E-state index < -0.39 is 8.07 Å². The van der Waals surface area contributed by atoms with E-state index in [9.17, 15) is 0 Å². The zero-order valence-electron chi connectivity index (χ0n) is 13.2. The van der Waals surface area contributed by atoms with E-state index in [0.29, 0.717) is 5.92 Å². The van der Waals surface area contributed by atoms with Crippen LogP contribution in [-0.2, 0) is 6.42 Å². The van der Waals surface area contributed by atoms with Crippen LogP contribution < -0.4 is 5.19 Å². The van der Waals surface area contributed by atoms with Crippen molar-refractivity contribution in [3.8, 4) is 5.69 Å². The summed E-state index contributed by atoms with van der Waals surface area (Å²) >= 11 is 0. The van der Waals surface area contributed by atoms with Crippen LogP contribution in [0.5, 0.6) is 0 Å². The van der Waals surface area contributed by atoms with E-state index in [4.69, 9.17) is 0 Å². The van der Waals surface area contributed by atoms with Gasteiger partial charge in [0.2, 0.25) is 0 Å². The van der Waals surface area contributed by atoms with Crippen molar-refractivity contribution in [3.63, 3.8) is 0 Å². The highest BCUT2D eigenvalue weighted by atomic mass is 28.3. The lowest BCUT2D eigenvalue weighted by Crippen LogP contribution is -2.40. The molecule has 0 amide bonds. The second kappa shape index (κ2) is 4.59. The average Bonchev–Trinajstić information content (AvgIpc) is 2.93. The van der Waals surface area contributed by atoms with Gasteiger partial charge < -0.3 is 4.57 Å². The Kier molecular flexibility index (Phi) is 3.13. The molecule has 1 aliphatic heterocycles. The standard InChI is InChI=1S/C17H24N2Si/c1-12(2)14-6-7-16(19-10-13(3)18-11-19)17-15(14)8-9-20(17,4)5/h6-7,10-12H,8-9H2,1-5H3. The molecule has 3 rings (SSSR count). The highest BCUT2D eigenvalue weighted by Crippen LogP contribution is 2.32. The van der Waals surface area contributed by atoms with Gasteiger partial charge in [-0.1, -0.05) is 33.0 Å². The Morgan fingerprint density at radius 1 is 1.25 bits per heavy atom. The topological polar surface area (TPSA) is 17.8 Å². The molecule has 0 unspecified atom stereocenters. The van der Waals surface area contributed by atoms with Gasteiger partial charge in [-0.15, -0.1) is 0 Å². The van der Waals surface area contributed by atoms with Gasteiger partial charge in [-0.05, 0) is 47.7 Å². The third-order valence-electron chi connectivity index (χ3n) is 4.62. The van der Waals surface area contributed by atoms with Crippen molar-refractivity contribution in [3.05, 3.63) is 41.5 Å². The SMILES string of the molecule is Cc1cn(-c2ccc(C(C)C)c3c2[Si](C)(C)CC3)cn1. The molecule has 2 nitrogen and oxygen atoms in total. The maximum Gasteiger partial charge on any atom is 0.0994 e.